The van der Waals surface area contributed by atoms with Gasteiger partial charge in [-0.3, -0.25) is 13.9 Å². The highest BCUT2D eigenvalue weighted by Crippen LogP contribution is 2.30. The largest absolute Gasteiger partial charge is 0.492 e. The second-order valence-corrected chi connectivity index (χ2v) is 9.45. The first-order chi connectivity index (χ1) is 15.7. The number of sulfonamides is 1. The molecule has 3 aromatic rings. The number of hydrogen-bond donors (Lipinski definition) is 1. The van der Waals surface area contributed by atoms with Crippen molar-refractivity contribution in [3.8, 4) is 5.75 Å². The highest BCUT2D eigenvalue weighted by Gasteiger charge is 2.25. The lowest BCUT2D eigenvalue weighted by molar-refractivity contribution is -0.114. The average Bonchev–Trinajstić information content (AvgIpc) is 2.79. The lowest BCUT2D eigenvalue weighted by Gasteiger charge is -2.24. The van der Waals surface area contributed by atoms with Crippen LogP contribution in [0.2, 0.25) is 5.02 Å². The molecule has 0 fully saturated rings. The van der Waals surface area contributed by atoms with Gasteiger partial charge in [-0.2, -0.15) is 0 Å². The first-order valence-electron chi connectivity index (χ1n) is 10.1. The number of carbonyl (C=O) groups excluding carboxylic acids is 2. The topological polar surface area (TPSA) is 92.8 Å². The molecule has 0 aliphatic rings. The summed E-state index contributed by atoms with van der Waals surface area (Å²) in [6, 6.07) is 19.6. The molecule has 0 radical (unpaired) electrons. The summed E-state index contributed by atoms with van der Waals surface area (Å²) in [4.78, 5) is 25.9. The van der Waals surface area contributed by atoms with Crippen molar-refractivity contribution in [3.63, 3.8) is 0 Å². The highest BCUT2D eigenvalue weighted by molar-refractivity contribution is 7.92. The number of ketones is 1. The van der Waals surface area contributed by atoms with Crippen LogP contribution in [0.3, 0.4) is 0 Å². The number of nitrogens with zero attached hydrogens (tertiary/aromatic N) is 1. The van der Waals surface area contributed by atoms with Gasteiger partial charge in [-0.05, 0) is 37.3 Å². The fourth-order valence-electron chi connectivity index (χ4n) is 3.20. The summed E-state index contributed by atoms with van der Waals surface area (Å²) in [5, 5.41) is 2.98. The van der Waals surface area contributed by atoms with Gasteiger partial charge in [0.25, 0.3) is 0 Å². The van der Waals surface area contributed by atoms with E-state index in [1.807, 2.05) is 0 Å². The smallest absolute Gasteiger partial charge is 0.245 e. The molecule has 172 valence electrons. The number of amides is 1. The summed E-state index contributed by atoms with van der Waals surface area (Å²) in [6.45, 7) is 1.60. The van der Waals surface area contributed by atoms with Gasteiger partial charge in [0.2, 0.25) is 15.9 Å². The van der Waals surface area contributed by atoms with Crippen molar-refractivity contribution in [2.75, 3.05) is 29.0 Å². The zero-order valence-electron chi connectivity index (χ0n) is 18.1. The van der Waals surface area contributed by atoms with Crippen LogP contribution in [0.4, 0.5) is 11.4 Å². The molecule has 0 aliphatic heterocycles. The number of hydrogen-bond acceptors (Lipinski definition) is 5. The lowest BCUT2D eigenvalue weighted by Crippen LogP contribution is -2.37. The third-order valence-electron chi connectivity index (χ3n) is 4.66. The fourth-order valence-corrected chi connectivity index (χ4v) is 4.23. The van der Waals surface area contributed by atoms with E-state index in [9.17, 15) is 18.0 Å². The van der Waals surface area contributed by atoms with Gasteiger partial charge >= 0.3 is 0 Å². The molecule has 0 bridgehead atoms. The summed E-state index contributed by atoms with van der Waals surface area (Å²) >= 11 is 6.09. The van der Waals surface area contributed by atoms with Crippen LogP contribution in [0.1, 0.15) is 22.8 Å². The molecular weight excluding hydrogens is 464 g/mol. The molecule has 0 atom stereocenters. The van der Waals surface area contributed by atoms with Gasteiger partial charge in [0.15, 0.2) is 5.78 Å². The number of para-hydroxylation sites is 2. The maximum atomic E-state index is 13.0. The Morgan fingerprint density at radius 2 is 1.67 bits per heavy atom. The van der Waals surface area contributed by atoms with E-state index in [4.69, 9.17) is 16.3 Å². The van der Waals surface area contributed by atoms with Crippen LogP contribution in [0, 0.1) is 0 Å². The van der Waals surface area contributed by atoms with E-state index in [0.717, 1.165) is 10.6 Å². The molecule has 7 nitrogen and oxygen atoms in total. The SMILES string of the molecule is CCOc1ccccc1N(CC(=O)Nc1ccc(Cl)cc1C(=O)c1ccccc1)S(C)(=O)=O. The van der Waals surface area contributed by atoms with Crippen molar-refractivity contribution < 1.29 is 22.7 Å². The van der Waals surface area contributed by atoms with E-state index in [1.54, 1.807) is 61.5 Å². The number of ether oxygens (including phenoxy) is 1. The Labute approximate surface area is 198 Å². The van der Waals surface area contributed by atoms with Crippen molar-refractivity contribution in [3.05, 3.63) is 88.9 Å². The summed E-state index contributed by atoms with van der Waals surface area (Å²) < 4.78 is 31.5. The number of nitrogens with one attached hydrogen (secondary N) is 1. The zero-order chi connectivity index (χ0) is 24.0. The molecule has 9 heteroatoms. The van der Waals surface area contributed by atoms with E-state index in [-0.39, 0.29) is 22.7 Å². The fraction of sp³-hybridized carbons (Fsp3) is 0.167. The van der Waals surface area contributed by atoms with Gasteiger partial charge in [-0.25, -0.2) is 8.42 Å². The summed E-state index contributed by atoms with van der Waals surface area (Å²) in [6.07, 6.45) is 1.01. The van der Waals surface area contributed by atoms with Crippen LogP contribution < -0.4 is 14.4 Å². The predicted molar refractivity (Wildman–Crippen MR) is 130 cm³/mol. The molecule has 0 saturated heterocycles. The van der Waals surface area contributed by atoms with Crippen LogP contribution >= 0.6 is 11.6 Å². The van der Waals surface area contributed by atoms with Crippen LogP contribution in [0.25, 0.3) is 0 Å². The number of carbonyl (C=O) groups is 2. The second-order valence-electron chi connectivity index (χ2n) is 7.10. The maximum absolute atomic E-state index is 13.0. The molecule has 1 amide bonds. The number of benzene rings is 3. The van der Waals surface area contributed by atoms with Crippen LogP contribution in [-0.4, -0.2) is 39.5 Å². The Bertz CT molecular complexity index is 1260. The van der Waals surface area contributed by atoms with Gasteiger partial charge in [0.05, 0.1) is 24.2 Å². The Hall–Kier alpha value is -3.36. The van der Waals surface area contributed by atoms with Crippen LogP contribution in [-0.2, 0) is 14.8 Å². The maximum Gasteiger partial charge on any atom is 0.245 e. The molecule has 0 spiro atoms. The van der Waals surface area contributed by atoms with E-state index in [1.165, 1.54) is 18.2 Å². The minimum Gasteiger partial charge on any atom is -0.492 e. The predicted octanol–water partition coefficient (Wildman–Crippen LogP) is 4.37. The van der Waals surface area contributed by atoms with Crippen molar-refractivity contribution in [2.24, 2.45) is 0 Å². The summed E-state index contributed by atoms with van der Waals surface area (Å²) in [5.74, 6) is -0.615. The Balaban J connectivity index is 1.90. The molecule has 1 N–H and O–H groups in total. The van der Waals surface area contributed by atoms with Crippen LogP contribution in [0.5, 0.6) is 5.75 Å². The first kappa shape index (κ1) is 24.3. The Kier molecular flexibility index (Phi) is 7.73. The molecule has 0 saturated carbocycles. The summed E-state index contributed by atoms with van der Waals surface area (Å²) in [7, 11) is -3.82. The molecule has 0 aliphatic carbocycles. The molecule has 0 heterocycles. The first-order valence-corrected chi connectivity index (χ1v) is 12.3. The van der Waals surface area contributed by atoms with E-state index in [2.05, 4.69) is 5.32 Å². The standard InChI is InChI=1S/C24H23ClN2O5S/c1-3-32-22-12-8-7-11-21(22)27(33(2,30)31)16-23(28)26-20-14-13-18(25)15-19(20)24(29)17-9-5-4-6-10-17/h4-15H,3,16H2,1-2H3,(H,26,28). The minimum absolute atomic E-state index is 0.197. The van der Waals surface area contributed by atoms with Gasteiger partial charge in [-0.15, -0.1) is 0 Å². The molecule has 0 unspecified atom stereocenters. The van der Waals surface area contributed by atoms with Crippen molar-refractivity contribution in [1.82, 2.24) is 0 Å². The van der Waals surface area contributed by atoms with Crippen molar-refractivity contribution in [1.29, 1.82) is 0 Å². The number of halogens is 1. The Morgan fingerprint density at radius 1 is 1.00 bits per heavy atom. The molecule has 3 aromatic carbocycles. The zero-order valence-corrected chi connectivity index (χ0v) is 19.7. The van der Waals surface area contributed by atoms with Gasteiger partial charge in [0.1, 0.15) is 12.3 Å². The number of anilines is 2. The lowest BCUT2D eigenvalue weighted by atomic mass is 10.0. The number of rotatable bonds is 9. The third kappa shape index (κ3) is 6.12. The normalized spacial score (nSPS) is 11.0. The molecular formula is C24H23ClN2O5S. The summed E-state index contributed by atoms with van der Waals surface area (Å²) in [5.41, 5.74) is 1.10. The van der Waals surface area contributed by atoms with E-state index < -0.39 is 22.5 Å². The quantitative estimate of drug-likeness (QED) is 0.453. The van der Waals surface area contributed by atoms with E-state index >= 15 is 0 Å². The highest BCUT2D eigenvalue weighted by atomic mass is 35.5. The minimum atomic E-state index is -3.82. The van der Waals surface area contributed by atoms with Gasteiger partial charge < -0.3 is 10.1 Å². The third-order valence-corrected chi connectivity index (χ3v) is 6.02. The average molecular weight is 487 g/mol. The molecule has 3 rings (SSSR count). The van der Waals surface area contributed by atoms with Gasteiger partial charge in [0, 0.05) is 16.1 Å². The second kappa shape index (κ2) is 10.5. The molecule has 0 aromatic heterocycles. The van der Waals surface area contributed by atoms with Crippen molar-refractivity contribution >= 4 is 44.7 Å². The van der Waals surface area contributed by atoms with Crippen molar-refractivity contribution in [2.45, 2.75) is 6.92 Å². The monoisotopic (exact) mass is 486 g/mol. The Morgan fingerprint density at radius 3 is 2.33 bits per heavy atom. The van der Waals surface area contributed by atoms with Crippen LogP contribution in [0.15, 0.2) is 72.8 Å². The molecule has 33 heavy (non-hydrogen) atoms. The van der Waals surface area contributed by atoms with Gasteiger partial charge in [-0.1, -0.05) is 54.1 Å². The van der Waals surface area contributed by atoms with E-state index in [0.29, 0.717) is 22.9 Å².